The van der Waals surface area contributed by atoms with Gasteiger partial charge in [-0.15, -0.1) is 11.6 Å². The molecule has 4 nitrogen and oxygen atoms in total. The van der Waals surface area contributed by atoms with Crippen LogP contribution in [-0.4, -0.2) is 48.6 Å². The molecule has 1 aliphatic rings. The summed E-state index contributed by atoms with van der Waals surface area (Å²) < 4.78 is 29.0. The molecule has 0 saturated carbocycles. The second-order valence-corrected chi connectivity index (χ2v) is 7.92. The van der Waals surface area contributed by atoms with Gasteiger partial charge in [0.25, 0.3) is 10.2 Å². The summed E-state index contributed by atoms with van der Waals surface area (Å²) in [5, 5.41) is 0. The minimum absolute atomic E-state index is 0.0669. The Bertz CT molecular complexity index is 367. The summed E-state index contributed by atoms with van der Waals surface area (Å²) in [5.41, 5.74) is 0. The average molecular weight is 325 g/mol. The molecule has 1 aliphatic heterocycles. The zero-order valence-corrected chi connectivity index (χ0v) is 14.6. The van der Waals surface area contributed by atoms with E-state index in [0.717, 1.165) is 32.1 Å². The standard InChI is InChI=1S/C14H29ClN2O2S/c1-4-6-9-17(13(3)5-2)20(18,19)16-10-7-14(12-15)8-11-16/h13-14H,4-12H2,1-3H3. The zero-order valence-electron chi connectivity index (χ0n) is 13.0. The molecule has 0 N–H and O–H groups in total. The third-order valence-electron chi connectivity index (χ3n) is 4.23. The summed E-state index contributed by atoms with van der Waals surface area (Å²) in [6.07, 6.45) is 4.54. The van der Waals surface area contributed by atoms with Crippen molar-refractivity contribution in [3.05, 3.63) is 0 Å². The zero-order chi connectivity index (χ0) is 15.2. The highest BCUT2D eigenvalue weighted by Crippen LogP contribution is 2.24. The highest BCUT2D eigenvalue weighted by molar-refractivity contribution is 7.86. The molecule has 1 heterocycles. The maximum Gasteiger partial charge on any atom is 0.282 e. The first kappa shape index (κ1) is 18.2. The van der Waals surface area contributed by atoms with Crippen molar-refractivity contribution in [2.24, 2.45) is 5.92 Å². The summed E-state index contributed by atoms with van der Waals surface area (Å²) in [7, 11) is -3.32. The van der Waals surface area contributed by atoms with E-state index in [1.807, 2.05) is 13.8 Å². The van der Waals surface area contributed by atoms with Crippen LogP contribution in [0.2, 0.25) is 0 Å². The predicted octanol–water partition coefficient (Wildman–Crippen LogP) is 3.08. The first-order valence-electron chi connectivity index (χ1n) is 7.80. The number of piperidine rings is 1. The van der Waals surface area contributed by atoms with Crippen molar-refractivity contribution >= 4 is 21.8 Å². The van der Waals surface area contributed by atoms with Crippen LogP contribution < -0.4 is 0 Å². The van der Waals surface area contributed by atoms with Crippen molar-refractivity contribution in [3.63, 3.8) is 0 Å². The van der Waals surface area contributed by atoms with E-state index in [-0.39, 0.29) is 6.04 Å². The average Bonchev–Trinajstić information content (AvgIpc) is 2.47. The number of hydrogen-bond donors (Lipinski definition) is 0. The van der Waals surface area contributed by atoms with Crippen LogP contribution in [0.25, 0.3) is 0 Å². The Balaban J connectivity index is 2.77. The van der Waals surface area contributed by atoms with Gasteiger partial charge in [0, 0.05) is 31.6 Å². The van der Waals surface area contributed by atoms with Crippen LogP contribution in [0.1, 0.15) is 52.9 Å². The Morgan fingerprint density at radius 1 is 1.30 bits per heavy atom. The molecule has 1 saturated heterocycles. The predicted molar refractivity (Wildman–Crippen MR) is 85.3 cm³/mol. The summed E-state index contributed by atoms with van der Waals surface area (Å²) in [6.45, 7) is 7.98. The molecule has 0 spiro atoms. The van der Waals surface area contributed by atoms with E-state index in [1.165, 1.54) is 0 Å². The molecule has 0 aromatic heterocycles. The van der Waals surface area contributed by atoms with Gasteiger partial charge in [-0.3, -0.25) is 0 Å². The minimum Gasteiger partial charge on any atom is -0.195 e. The van der Waals surface area contributed by atoms with Crippen molar-refractivity contribution < 1.29 is 8.42 Å². The highest BCUT2D eigenvalue weighted by atomic mass is 35.5. The largest absolute Gasteiger partial charge is 0.282 e. The number of hydrogen-bond acceptors (Lipinski definition) is 2. The van der Waals surface area contributed by atoms with Gasteiger partial charge >= 0.3 is 0 Å². The lowest BCUT2D eigenvalue weighted by atomic mass is 10.0. The van der Waals surface area contributed by atoms with Gasteiger partial charge in [0.1, 0.15) is 0 Å². The molecule has 0 bridgehead atoms. The lowest BCUT2D eigenvalue weighted by molar-refractivity contribution is 0.245. The Hall–Kier alpha value is 0.160. The molecule has 0 amide bonds. The highest BCUT2D eigenvalue weighted by Gasteiger charge is 2.34. The minimum atomic E-state index is -3.32. The van der Waals surface area contributed by atoms with Crippen LogP contribution in [0.4, 0.5) is 0 Å². The second-order valence-electron chi connectivity index (χ2n) is 5.73. The second kappa shape index (κ2) is 8.57. The van der Waals surface area contributed by atoms with E-state index in [0.29, 0.717) is 31.4 Å². The number of unbranched alkanes of at least 4 members (excludes halogenated alkanes) is 1. The number of nitrogens with zero attached hydrogens (tertiary/aromatic N) is 2. The van der Waals surface area contributed by atoms with Gasteiger partial charge < -0.3 is 0 Å². The van der Waals surface area contributed by atoms with Crippen molar-refractivity contribution in [1.82, 2.24) is 8.61 Å². The van der Waals surface area contributed by atoms with Gasteiger partial charge in [0.2, 0.25) is 0 Å². The SMILES string of the molecule is CCCCN(C(C)CC)S(=O)(=O)N1CCC(CCl)CC1. The quantitative estimate of drug-likeness (QED) is 0.644. The maximum atomic E-state index is 12.8. The van der Waals surface area contributed by atoms with E-state index in [9.17, 15) is 8.42 Å². The van der Waals surface area contributed by atoms with Gasteiger partial charge in [-0.2, -0.15) is 17.0 Å². The molecule has 0 radical (unpaired) electrons. The number of alkyl halides is 1. The Kier molecular flexibility index (Phi) is 7.80. The molecule has 1 fully saturated rings. The topological polar surface area (TPSA) is 40.6 Å². The molecule has 20 heavy (non-hydrogen) atoms. The fraction of sp³-hybridized carbons (Fsp3) is 1.00. The number of halogens is 1. The van der Waals surface area contributed by atoms with E-state index < -0.39 is 10.2 Å². The van der Waals surface area contributed by atoms with Crippen molar-refractivity contribution in [1.29, 1.82) is 0 Å². The Morgan fingerprint density at radius 2 is 1.90 bits per heavy atom. The molecule has 0 aromatic rings. The summed E-state index contributed by atoms with van der Waals surface area (Å²) in [5.74, 6) is 1.11. The fourth-order valence-electron chi connectivity index (χ4n) is 2.52. The van der Waals surface area contributed by atoms with Gasteiger partial charge in [-0.05, 0) is 38.5 Å². The summed E-state index contributed by atoms with van der Waals surface area (Å²) >= 11 is 5.87. The maximum absolute atomic E-state index is 12.8. The van der Waals surface area contributed by atoms with Crippen molar-refractivity contribution in [2.75, 3.05) is 25.5 Å². The van der Waals surface area contributed by atoms with Crippen LogP contribution in [0, 0.1) is 5.92 Å². The van der Waals surface area contributed by atoms with Gasteiger partial charge in [0.05, 0.1) is 0 Å². The summed E-state index contributed by atoms with van der Waals surface area (Å²) in [6, 6.07) is 0.0669. The molecule has 0 aliphatic carbocycles. The first-order valence-corrected chi connectivity index (χ1v) is 9.73. The van der Waals surface area contributed by atoms with Crippen LogP contribution in [-0.2, 0) is 10.2 Å². The molecule has 1 atom stereocenters. The normalized spacial score (nSPS) is 20.4. The smallest absolute Gasteiger partial charge is 0.195 e. The third-order valence-corrected chi connectivity index (χ3v) is 6.82. The third kappa shape index (κ3) is 4.58. The lowest BCUT2D eigenvalue weighted by Crippen LogP contribution is -2.50. The molecule has 1 rings (SSSR count). The van der Waals surface area contributed by atoms with Crippen LogP contribution in [0.3, 0.4) is 0 Å². The van der Waals surface area contributed by atoms with Crippen molar-refractivity contribution in [3.8, 4) is 0 Å². The van der Waals surface area contributed by atoms with E-state index in [4.69, 9.17) is 11.6 Å². The Morgan fingerprint density at radius 3 is 2.35 bits per heavy atom. The van der Waals surface area contributed by atoms with Crippen LogP contribution in [0.15, 0.2) is 0 Å². The van der Waals surface area contributed by atoms with Gasteiger partial charge in [-0.1, -0.05) is 20.3 Å². The van der Waals surface area contributed by atoms with Crippen LogP contribution >= 0.6 is 11.6 Å². The van der Waals surface area contributed by atoms with E-state index >= 15 is 0 Å². The Labute approximate surface area is 129 Å². The monoisotopic (exact) mass is 324 g/mol. The fourth-order valence-corrected chi connectivity index (χ4v) is 4.76. The van der Waals surface area contributed by atoms with E-state index in [2.05, 4.69) is 6.92 Å². The number of rotatable bonds is 8. The van der Waals surface area contributed by atoms with Crippen LogP contribution in [0.5, 0.6) is 0 Å². The molecule has 120 valence electrons. The first-order chi connectivity index (χ1) is 9.47. The van der Waals surface area contributed by atoms with Gasteiger partial charge in [-0.25, -0.2) is 0 Å². The van der Waals surface area contributed by atoms with Gasteiger partial charge in [0.15, 0.2) is 0 Å². The summed E-state index contributed by atoms with van der Waals surface area (Å²) in [4.78, 5) is 0. The molecule has 6 heteroatoms. The molecule has 1 unspecified atom stereocenters. The molecule has 0 aromatic carbocycles. The lowest BCUT2D eigenvalue weighted by Gasteiger charge is -2.36. The molecular weight excluding hydrogens is 296 g/mol. The molecular formula is C14H29ClN2O2S. The van der Waals surface area contributed by atoms with Crippen molar-refractivity contribution in [2.45, 2.75) is 58.9 Å². The van der Waals surface area contributed by atoms with E-state index in [1.54, 1.807) is 8.61 Å².